The van der Waals surface area contributed by atoms with Crippen molar-refractivity contribution in [3.63, 3.8) is 0 Å². The van der Waals surface area contributed by atoms with Gasteiger partial charge in [0.2, 0.25) is 5.95 Å². The molecule has 472 valence electrons. The van der Waals surface area contributed by atoms with Crippen LogP contribution in [0.3, 0.4) is 0 Å². The minimum Gasteiger partial charge on any atom is -0.382 e. The van der Waals surface area contributed by atoms with E-state index >= 15 is 0 Å². The number of nitrogens with zero attached hydrogens (tertiary/aromatic N) is 12. The van der Waals surface area contributed by atoms with E-state index in [9.17, 15) is 19.2 Å². The third-order valence-electron chi connectivity index (χ3n) is 14.8. The third-order valence-corrected chi connectivity index (χ3v) is 14.8. The molecule has 12 radical (unpaired) electrons. The second-order valence-electron chi connectivity index (χ2n) is 20.5. The highest BCUT2D eigenvalue weighted by atomic mass is 16.2. The van der Waals surface area contributed by atoms with Crippen molar-refractivity contribution in [3.05, 3.63) is 77.5 Å². The molecule has 8 heterocycles. The summed E-state index contributed by atoms with van der Waals surface area (Å²) < 4.78 is 7.03. The molecule has 0 spiro atoms. The standard InChI is InChI=1S/C14H17N5O.C14H17N5.C14H16N4O2.C14H16N4O.4C2H6.4B/c1-19-10(8-7-9-5-3-2-4-6-9)16-11-12(19)17-14(15)18-13(11)20;1-19-11(8-7-10-5-3-2-4-6-10)18-12-13(15)16-9-17-14(12)19;1-18-10(8-7-9-5-3-2-4-6-9)15-11-12(18)16-14(20)17-13(11)19;1-18-11(8-7-10-5-3-2-4-6-10)17-12-13(18)15-9-16-14(12)19;4*1-2;;;;/h9H,2-6H2,1H3,(H3,15,17,18,20);9-10H,2-6H2,1H3,(H2,15,16,17);9H,2-6H2,1H3,(H2,16,17,19,20);9-10H,2-6H2,1H3,(H,15,16,19);4*1-2H3;;;;. The molecular formula is C64H90B4N18O4. The zero-order valence-electron chi connectivity index (χ0n) is 55.1. The average Bonchev–Trinajstić information content (AvgIpc) is 1.73. The molecule has 0 bridgehead atoms. The Morgan fingerprint density at radius 2 is 0.744 bits per heavy atom. The van der Waals surface area contributed by atoms with Crippen molar-refractivity contribution in [1.29, 1.82) is 0 Å². The summed E-state index contributed by atoms with van der Waals surface area (Å²) in [7, 11) is 7.29. The number of hydrogen-bond donors (Lipinski definition) is 6. The van der Waals surface area contributed by atoms with Crippen molar-refractivity contribution in [2.75, 3.05) is 11.5 Å². The molecule has 0 atom stereocenters. The quantitative estimate of drug-likeness (QED) is 0.0618. The molecule has 8 aromatic heterocycles. The number of H-pyrrole nitrogens is 4. The molecule has 22 nitrogen and oxygen atoms in total. The van der Waals surface area contributed by atoms with Crippen LogP contribution in [-0.4, -0.2) is 112 Å². The van der Waals surface area contributed by atoms with Gasteiger partial charge in [0.05, 0.1) is 6.33 Å². The summed E-state index contributed by atoms with van der Waals surface area (Å²) >= 11 is 0. The number of imidazole rings is 4. The monoisotopic (exact) mass is 1220 g/mol. The molecule has 4 aliphatic carbocycles. The van der Waals surface area contributed by atoms with E-state index in [0.29, 0.717) is 80.8 Å². The van der Waals surface area contributed by atoms with Crippen LogP contribution in [0.2, 0.25) is 0 Å². The maximum Gasteiger partial charge on any atom is 0.327 e. The van der Waals surface area contributed by atoms with Crippen LogP contribution in [0, 0.1) is 71.0 Å². The minimum atomic E-state index is -0.530. The zero-order chi connectivity index (χ0) is 62.7. The van der Waals surface area contributed by atoms with E-state index in [4.69, 9.17) is 11.5 Å². The Kier molecular flexibility index (Phi) is 36.2. The Bertz CT molecular complexity index is 3990. The van der Waals surface area contributed by atoms with Gasteiger partial charge in [-0.25, -0.2) is 39.7 Å². The molecule has 0 unspecified atom stereocenters. The maximum absolute atomic E-state index is 11.8. The predicted molar refractivity (Wildman–Crippen MR) is 368 cm³/mol. The van der Waals surface area contributed by atoms with E-state index in [2.05, 4.69) is 107 Å². The number of nitrogens with one attached hydrogen (secondary N) is 4. The first-order valence-corrected chi connectivity index (χ1v) is 31.1. The lowest BCUT2D eigenvalue weighted by Crippen LogP contribution is -2.22. The number of hydrogen-bond acceptors (Lipinski definition) is 14. The summed E-state index contributed by atoms with van der Waals surface area (Å²) in [6, 6.07) is 0. The Hall–Kier alpha value is -8.50. The maximum atomic E-state index is 11.8. The van der Waals surface area contributed by atoms with Crippen LogP contribution in [0.25, 0.3) is 44.7 Å². The number of aromatic nitrogens is 16. The Morgan fingerprint density at radius 3 is 1.14 bits per heavy atom. The number of aromatic amines is 4. The van der Waals surface area contributed by atoms with Crippen LogP contribution < -0.4 is 33.8 Å². The van der Waals surface area contributed by atoms with Crippen LogP contribution in [0.5, 0.6) is 0 Å². The SMILES string of the molecule is CC.CC.CC.CC.Cn1c(C#CC2CCCCC2)nc2c(=O)[nH]c(=O)[nH]c21.Cn1c(C#CC2CCCCC2)nc2c(=O)[nH]c(N)nc21.Cn1c(C#CC2CCCCC2)nc2c(=O)[nH]cnc21.Cn1c(C#CC2CCCCC2)nc2c(N)ncnc21.[B].[B].[B].[B]. The first-order valence-electron chi connectivity index (χ1n) is 31.1. The molecule has 4 saturated carbocycles. The summed E-state index contributed by atoms with van der Waals surface area (Å²) in [5.74, 6) is 30.3. The van der Waals surface area contributed by atoms with Crippen molar-refractivity contribution in [3.8, 4) is 47.4 Å². The second-order valence-corrected chi connectivity index (χ2v) is 20.5. The summed E-state index contributed by atoms with van der Waals surface area (Å²) in [4.78, 5) is 89.7. The molecule has 0 aliphatic heterocycles. The third kappa shape index (κ3) is 21.3. The number of anilines is 2. The van der Waals surface area contributed by atoms with E-state index in [0.717, 1.165) is 31.3 Å². The number of nitrogens with two attached hydrogens (primary N) is 2. The van der Waals surface area contributed by atoms with Gasteiger partial charge in [-0.3, -0.25) is 29.3 Å². The van der Waals surface area contributed by atoms with Gasteiger partial charge in [0.25, 0.3) is 16.7 Å². The van der Waals surface area contributed by atoms with Gasteiger partial charge in [-0.2, -0.15) is 4.98 Å². The molecule has 8 N–H and O–H groups in total. The summed E-state index contributed by atoms with van der Waals surface area (Å²) in [5, 5.41) is 0. The predicted octanol–water partition coefficient (Wildman–Crippen LogP) is 8.10. The van der Waals surface area contributed by atoms with Crippen LogP contribution in [0.1, 0.15) is 207 Å². The van der Waals surface area contributed by atoms with Crippen molar-refractivity contribution in [1.82, 2.24) is 78.1 Å². The summed E-state index contributed by atoms with van der Waals surface area (Å²) in [6.07, 6.45) is 27.5. The molecule has 0 aromatic carbocycles. The lowest BCUT2D eigenvalue weighted by Gasteiger charge is -2.15. The van der Waals surface area contributed by atoms with Crippen LogP contribution in [-0.2, 0) is 28.2 Å². The highest BCUT2D eigenvalue weighted by Crippen LogP contribution is 2.26. The fraction of sp³-hybridized carbons (Fsp3) is 0.562. The fourth-order valence-corrected chi connectivity index (χ4v) is 10.3. The van der Waals surface area contributed by atoms with Crippen molar-refractivity contribution < 1.29 is 0 Å². The Balaban J connectivity index is 0.000000570. The van der Waals surface area contributed by atoms with E-state index in [-0.39, 0.29) is 61.8 Å². The second kappa shape index (κ2) is 40.9. The van der Waals surface area contributed by atoms with Gasteiger partial charge in [-0.15, -0.1) is 0 Å². The molecule has 12 rings (SSSR count). The van der Waals surface area contributed by atoms with Gasteiger partial charge in [-0.05, 0) is 75.0 Å². The van der Waals surface area contributed by atoms with Gasteiger partial charge in [0, 0.05) is 85.5 Å². The topological polar surface area (TPSA) is 306 Å². The largest absolute Gasteiger partial charge is 0.382 e. The average molecular weight is 1220 g/mol. The molecule has 4 aliphatic rings. The van der Waals surface area contributed by atoms with E-state index in [1.807, 2.05) is 74.1 Å². The van der Waals surface area contributed by atoms with E-state index in [1.54, 1.807) is 27.8 Å². The zero-order valence-corrected chi connectivity index (χ0v) is 55.1. The highest BCUT2D eigenvalue weighted by Gasteiger charge is 2.18. The molecule has 4 fully saturated rings. The first kappa shape index (κ1) is 79.5. The minimum absolute atomic E-state index is 0. The number of fused-ring (bicyclic) bond motifs is 4. The van der Waals surface area contributed by atoms with Crippen molar-refractivity contribution in [2.24, 2.45) is 51.9 Å². The summed E-state index contributed by atoms with van der Waals surface area (Å²) in [6.45, 7) is 16.0. The van der Waals surface area contributed by atoms with Gasteiger partial charge in [-0.1, -0.05) is 156 Å². The van der Waals surface area contributed by atoms with Gasteiger partial charge >= 0.3 is 5.69 Å². The van der Waals surface area contributed by atoms with E-state index < -0.39 is 11.2 Å². The van der Waals surface area contributed by atoms with Gasteiger partial charge < -0.3 is 34.7 Å². The lowest BCUT2D eigenvalue weighted by molar-refractivity contribution is 0.430. The van der Waals surface area contributed by atoms with Gasteiger partial charge in [0.1, 0.15) is 12.0 Å². The molecular weight excluding hydrogens is 1130 g/mol. The van der Waals surface area contributed by atoms with E-state index in [1.165, 1.54) is 115 Å². The first-order chi connectivity index (χ1) is 41.8. The normalized spacial score (nSPS) is 14.3. The van der Waals surface area contributed by atoms with Crippen molar-refractivity contribution in [2.45, 2.75) is 184 Å². The number of nitrogen functional groups attached to an aromatic ring is 2. The van der Waals surface area contributed by atoms with Crippen molar-refractivity contribution >= 4 is 90.1 Å². The van der Waals surface area contributed by atoms with Gasteiger partial charge in [0.15, 0.2) is 68.1 Å². The highest BCUT2D eigenvalue weighted by molar-refractivity contribution is 5.82. The Labute approximate surface area is 537 Å². The smallest absolute Gasteiger partial charge is 0.327 e. The van der Waals surface area contributed by atoms with Crippen LogP contribution in [0.15, 0.2) is 31.8 Å². The lowest BCUT2D eigenvalue weighted by atomic mass is 9.90. The molecule has 8 aromatic rings. The molecule has 0 amide bonds. The fourth-order valence-electron chi connectivity index (χ4n) is 10.3. The van der Waals surface area contributed by atoms with Crippen LogP contribution in [0.4, 0.5) is 11.8 Å². The number of aryl methyl sites for hydroxylation is 4. The summed E-state index contributed by atoms with van der Waals surface area (Å²) in [5.41, 5.74) is 13.5. The molecule has 90 heavy (non-hydrogen) atoms. The molecule has 26 heteroatoms. The van der Waals surface area contributed by atoms with Crippen LogP contribution >= 0.6 is 0 Å². The molecule has 0 saturated heterocycles. The number of rotatable bonds is 0. The Morgan fingerprint density at radius 1 is 0.400 bits per heavy atom.